The fourth-order valence-corrected chi connectivity index (χ4v) is 1.88. The van der Waals surface area contributed by atoms with Crippen molar-refractivity contribution in [3.05, 3.63) is 24.0 Å². The van der Waals surface area contributed by atoms with Crippen LogP contribution >= 0.6 is 0 Å². The number of methoxy groups -OCH3 is 1. The van der Waals surface area contributed by atoms with E-state index in [1.807, 2.05) is 0 Å². The molecule has 0 aliphatic carbocycles. The quantitative estimate of drug-likeness (QED) is 0.853. The predicted octanol–water partition coefficient (Wildman–Crippen LogP) is 1.97. The summed E-state index contributed by atoms with van der Waals surface area (Å²) in [4.78, 5) is 0. The van der Waals surface area contributed by atoms with E-state index in [0.29, 0.717) is 5.75 Å². The number of ether oxygens (including phenoxy) is 2. The van der Waals surface area contributed by atoms with Gasteiger partial charge in [0.2, 0.25) is 0 Å². The average Bonchev–Trinajstić information content (AvgIpc) is 2.31. The standard InChI is InChI=1S/C12H16FNO2/c1-15-12-10(13)5-2-6-11(12)16-9-4-3-7-14-8-9/h2,5-6,9,14H,3-4,7-8H2,1H3. The lowest BCUT2D eigenvalue weighted by atomic mass is 10.1. The van der Waals surface area contributed by atoms with Gasteiger partial charge in [-0.15, -0.1) is 0 Å². The van der Waals surface area contributed by atoms with Gasteiger partial charge >= 0.3 is 0 Å². The number of para-hydroxylation sites is 1. The molecule has 1 heterocycles. The third-order valence-corrected chi connectivity index (χ3v) is 2.68. The van der Waals surface area contributed by atoms with Crippen molar-refractivity contribution >= 4 is 0 Å². The fourth-order valence-electron chi connectivity index (χ4n) is 1.88. The first-order valence-corrected chi connectivity index (χ1v) is 5.51. The lowest BCUT2D eigenvalue weighted by molar-refractivity contribution is 0.160. The number of hydrogen-bond acceptors (Lipinski definition) is 3. The number of nitrogens with one attached hydrogen (secondary N) is 1. The molecule has 1 aromatic carbocycles. The van der Waals surface area contributed by atoms with Crippen molar-refractivity contribution in [2.75, 3.05) is 20.2 Å². The Morgan fingerprint density at radius 2 is 2.31 bits per heavy atom. The SMILES string of the molecule is COc1c(F)cccc1OC1CCCNC1. The molecule has 2 rings (SSSR count). The van der Waals surface area contributed by atoms with E-state index in [4.69, 9.17) is 9.47 Å². The van der Waals surface area contributed by atoms with E-state index >= 15 is 0 Å². The minimum absolute atomic E-state index is 0.101. The molecule has 4 heteroatoms. The molecule has 0 amide bonds. The molecule has 0 spiro atoms. The van der Waals surface area contributed by atoms with Gasteiger partial charge in [-0.3, -0.25) is 0 Å². The summed E-state index contributed by atoms with van der Waals surface area (Å²) in [5, 5.41) is 3.25. The lowest BCUT2D eigenvalue weighted by Crippen LogP contribution is -2.37. The summed E-state index contributed by atoms with van der Waals surface area (Å²) < 4.78 is 24.1. The largest absolute Gasteiger partial charge is 0.490 e. The van der Waals surface area contributed by atoms with Crippen LogP contribution in [0.15, 0.2) is 18.2 Å². The Morgan fingerprint density at radius 1 is 1.44 bits per heavy atom. The van der Waals surface area contributed by atoms with E-state index < -0.39 is 0 Å². The molecule has 0 bridgehead atoms. The van der Waals surface area contributed by atoms with Crippen LogP contribution in [0, 0.1) is 5.82 Å². The molecule has 1 aliphatic rings. The van der Waals surface area contributed by atoms with Crippen LogP contribution < -0.4 is 14.8 Å². The van der Waals surface area contributed by atoms with Crippen molar-refractivity contribution < 1.29 is 13.9 Å². The highest BCUT2D eigenvalue weighted by atomic mass is 19.1. The van der Waals surface area contributed by atoms with Crippen LogP contribution in [0.1, 0.15) is 12.8 Å². The van der Waals surface area contributed by atoms with Crippen molar-refractivity contribution in [1.82, 2.24) is 5.32 Å². The van der Waals surface area contributed by atoms with Crippen molar-refractivity contribution in [3.63, 3.8) is 0 Å². The molecular weight excluding hydrogens is 209 g/mol. The van der Waals surface area contributed by atoms with Gasteiger partial charge in [0.15, 0.2) is 17.3 Å². The van der Waals surface area contributed by atoms with Crippen LogP contribution in [-0.2, 0) is 0 Å². The summed E-state index contributed by atoms with van der Waals surface area (Å²) in [7, 11) is 1.45. The smallest absolute Gasteiger partial charge is 0.196 e. The monoisotopic (exact) mass is 225 g/mol. The third kappa shape index (κ3) is 2.44. The molecule has 1 aromatic rings. The molecule has 1 atom stereocenters. The summed E-state index contributed by atoms with van der Waals surface area (Å²) in [6, 6.07) is 4.73. The highest BCUT2D eigenvalue weighted by Crippen LogP contribution is 2.31. The second-order valence-corrected chi connectivity index (χ2v) is 3.86. The fraction of sp³-hybridized carbons (Fsp3) is 0.500. The molecule has 0 saturated carbocycles. The summed E-state index contributed by atoms with van der Waals surface area (Å²) in [6.45, 7) is 1.83. The van der Waals surface area contributed by atoms with Crippen LogP contribution in [0.4, 0.5) is 4.39 Å². The maximum atomic E-state index is 13.4. The first kappa shape index (κ1) is 11.2. The Labute approximate surface area is 94.6 Å². The van der Waals surface area contributed by atoms with Gasteiger partial charge in [-0.05, 0) is 31.5 Å². The van der Waals surface area contributed by atoms with E-state index in [2.05, 4.69) is 5.32 Å². The van der Waals surface area contributed by atoms with Crippen LogP contribution in [0.5, 0.6) is 11.5 Å². The average molecular weight is 225 g/mol. The second-order valence-electron chi connectivity index (χ2n) is 3.86. The van der Waals surface area contributed by atoms with Gasteiger partial charge in [0.25, 0.3) is 0 Å². The van der Waals surface area contributed by atoms with E-state index in [0.717, 1.165) is 25.9 Å². The van der Waals surface area contributed by atoms with Gasteiger partial charge in [0.05, 0.1) is 7.11 Å². The summed E-state index contributed by atoms with van der Waals surface area (Å²) in [5.41, 5.74) is 0. The molecule has 1 saturated heterocycles. The molecule has 1 N–H and O–H groups in total. The molecule has 1 aliphatic heterocycles. The van der Waals surface area contributed by atoms with E-state index in [1.165, 1.54) is 13.2 Å². The zero-order chi connectivity index (χ0) is 11.4. The van der Waals surface area contributed by atoms with Crippen molar-refractivity contribution in [3.8, 4) is 11.5 Å². The molecule has 16 heavy (non-hydrogen) atoms. The maximum absolute atomic E-state index is 13.4. The highest BCUT2D eigenvalue weighted by Gasteiger charge is 2.17. The Kier molecular flexibility index (Phi) is 3.62. The summed E-state index contributed by atoms with van der Waals surface area (Å²) in [5.74, 6) is 0.285. The normalized spacial score (nSPS) is 20.5. The van der Waals surface area contributed by atoms with E-state index in [9.17, 15) is 4.39 Å². The minimum Gasteiger partial charge on any atom is -0.490 e. The second kappa shape index (κ2) is 5.16. The highest BCUT2D eigenvalue weighted by molar-refractivity contribution is 5.41. The maximum Gasteiger partial charge on any atom is 0.196 e. The van der Waals surface area contributed by atoms with E-state index in [1.54, 1.807) is 12.1 Å². The van der Waals surface area contributed by atoms with Crippen molar-refractivity contribution in [2.45, 2.75) is 18.9 Å². The van der Waals surface area contributed by atoms with Crippen LogP contribution in [0.25, 0.3) is 0 Å². The first-order valence-electron chi connectivity index (χ1n) is 5.51. The molecular formula is C12H16FNO2. The zero-order valence-electron chi connectivity index (χ0n) is 9.33. The topological polar surface area (TPSA) is 30.5 Å². The van der Waals surface area contributed by atoms with Crippen molar-refractivity contribution in [1.29, 1.82) is 0 Å². The molecule has 3 nitrogen and oxygen atoms in total. The molecule has 1 unspecified atom stereocenters. The predicted molar refractivity (Wildman–Crippen MR) is 59.5 cm³/mol. The van der Waals surface area contributed by atoms with Gasteiger partial charge < -0.3 is 14.8 Å². The van der Waals surface area contributed by atoms with Gasteiger partial charge in [-0.2, -0.15) is 0 Å². The van der Waals surface area contributed by atoms with Gasteiger partial charge in [-0.1, -0.05) is 6.07 Å². The number of rotatable bonds is 3. The first-order chi connectivity index (χ1) is 7.81. The Balaban J connectivity index is 2.10. The molecule has 0 radical (unpaired) electrons. The molecule has 1 fully saturated rings. The summed E-state index contributed by atoms with van der Waals surface area (Å²) in [6.07, 6.45) is 2.18. The minimum atomic E-state index is -0.385. The number of halogens is 1. The van der Waals surface area contributed by atoms with Gasteiger partial charge in [0.1, 0.15) is 6.10 Å². The molecule has 88 valence electrons. The lowest BCUT2D eigenvalue weighted by Gasteiger charge is -2.24. The number of benzene rings is 1. The summed E-state index contributed by atoms with van der Waals surface area (Å²) >= 11 is 0. The van der Waals surface area contributed by atoms with Crippen LogP contribution in [0.2, 0.25) is 0 Å². The number of piperidine rings is 1. The third-order valence-electron chi connectivity index (χ3n) is 2.68. The van der Waals surface area contributed by atoms with Crippen molar-refractivity contribution in [2.24, 2.45) is 0 Å². The van der Waals surface area contributed by atoms with Crippen LogP contribution in [-0.4, -0.2) is 26.3 Å². The number of hydrogen-bond donors (Lipinski definition) is 1. The van der Waals surface area contributed by atoms with Gasteiger partial charge in [-0.25, -0.2) is 4.39 Å². The van der Waals surface area contributed by atoms with Crippen LogP contribution in [0.3, 0.4) is 0 Å². The Bertz CT molecular complexity index is 351. The van der Waals surface area contributed by atoms with Gasteiger partial charge in [0, 0.05) is 6.54 Å². The Hall–Kier alpha value is -1.29. The Morgan fingerprint density at radius 3 is 3.00 bits per heavy atom. The van der Waals surface area contributed by atoms with E-state index in [-0.39, 0.29) is 17.7 Å². The zero-order valence-corrected chi connectivity index (χ0v) is 9.33. The molecule has 0 aromatic heterocycles.